The fraction of sp³-hybridized carbons (Fsp3) is 0.517. The monoisotopic (exact) mass is 550 g/mol. The van der Waals surface area contributed by atoms with Crippen molar-refractivity contribution in [2.75, 3.05) is 57.7 Å². The van der Waals surface area contributed by atoms with Gasteiger partial charge in [0, 0.05) is 63.8 Å². The summed E-state index contributed by atoms with van der Waals surface area (Å²) in [5, 5.41) is 6.17. The van der Waals surface area contributed by atoms with Crippen LogP contribution >= 0.6 is 0 Å². The maximum Gasteiger partial charge on any atom is 0.323 e. The van der Waals surface area contributed by atoms with E-state index in [0.29, 0.717) is 62.6 Å². The van der Waals surface area contributed by atoms with Crippen molar-refractivity contribution in [1.82, 2.24) is 20.0 Å². The molecule has 40 heavy (non-hydrogen) atoms. The van der Waals surface area contributed by atoms with E-state index in [1.165, 1.54) is 0 Å². The minimum atomic E-state index is -0.261. The zero-order valence-electron chi connectivity index (χ0n) is 23.3. The van der Waals surface area contributed by atoms with E-state index in [1.54, 1.807) is 28.3 Å². The van der Waals surface area contributed by atoms with Gasteiger partial charge in [-0.25, -0.2) is 4.79 Å². The van der Waals surface area contributed by atoms with E-state index in [-0.39, 0.29) is 24.4 Å². The van der Waals surface area contributed by atoms with Gasteiger partial charge in [-0.2, -0.15) is 0 Å². The largest absolute Gasteiger partial charge is 0.342 e. The standard InChI is InChI=1S/C29H42N8O3/c1-2-3-11-32-12-10-26(34-29(40)36-15-13-35(14-16-36)28(39)18-31)33-22-7-4-21(5-8-22)6-9-27(38)37-19-24-23(17-30)25(24)20-37/h3-5,7-8,10-12,23-25,33H,2,6,9,13-20,30-31H2,1H3,(H,34,40)/b11-3+,26-10+,32-12+. The molecule has 0 aromatic heterocycles. The van der Waals surface area contributed by atoms with E-state index in [9.17, 15) is 14.4 Å². The minimum Gasteiger partial charge on any atom is -0.342 e. The summed E-state index contributed by atoms with van der Waals surface area (Å²) >= 11 is 0. The van der Waals surface area contributed by atoms with Crippen molar-refractivity contribution < 1.29 is 14.4 Å². The van der Waals surface area contributed by atoms with Crippen LogP contribution in [0.1, 0.15) is 25.3 Å². The lowest BCUT2D eigenvalue weighted by molar-refractivity contribution is -0.131. The van der Waals surface area contributed by atoms with Crippen molar-refractivity contribution in [3.8, 4) is 0 Å². The predicted octanol–water partition coefficient (Wildman–Crippen LogP) is 1.34. The van der Waals surface area contributed by atoms with Gasteiger partial charge in [-0.1, -0.05) is 25.1 Å². The van der Waals surface area contributed by atoms with Crippen molar-refractivity contribution in [3.05, 3.63) is 54.0 Å². The molecular weight excluding hydrogens is 508 g/mol. The molecule has 11 heteroatoms. The molecule has 0 radical (unpaired) electrons. The summed E-state index contributed by atoms with van der Waals surface area (Å²) in [6.45, 7) is 6.21. The number of nitrogens with zero attached hydrogens (tertiary/aromatic N) is 4. The molecule has 4 rings (SSSR count). The number of piperidine rings is 1. The van der Waals surface area contributed by atoms with Gasteiger partial charge < -0.3 is 31.5 Å². The molecule has 0 bridgehead atoms. The maximum absolute atomic E-state index is 13.0. The highest BCUT2D eigenvalue weighted by molar-refractivity contribution is 5.82. The van der Waals surface area contributed by atoms with E-state index in [4.69, 9.17) is 11.5 Å². The number of likely N-dealkylation sites (tertiary alicyclic amines) is 1. The molecule has 6 N–H and O–H groups in total. The molecule has 4 amide bonds. The van der Waals surface area contributed by atoms with E-state index in [2.05, 4.69) is 15.6 Å². The summed E-state index contributed by atoms with van der Waals surface area (Å²) in [7, 11) is 0. The Morgan fingerprint density at radius 1 is 0.975 bits per heavy atom. The Labute approximate surface area is 236 Å². The lowest BCUT2D eigenvalue weighted by Crippen LogP contribution is -2.54. The third-order valence-corrected chi connectivity index (χ3v) is 7.95. The first kappa shape index (κ1) is 29.3. The molecule has 1 aliphatic carbocycles. The van der Waals surface area contributed by atoms with Crippen LogP contribution in [-0.2, 0) is 16.0 Å². The Morgan fingerprint density at radius 3 is 2.27 bits per heavy atom. The summed E-state index contributed by atoms with van der Waals surface area (Å²) in [5.41, 5.74) is 13.1. The van der Waals surface area contributed by atoms with Crippen LogP contribution in [0.15, 0.2) is 53.4 Å². The van der Waals surface area contributed by atoms with Crippen LogP contribution in [-0.4, -0.2) is 91.1 Å². The number of piperazine rings is 1. The fourth-order valence-corrected chi connectivity index (χ4v) is 5.45. The van der Waals surface area contributed by atoms with E-state index in [0.717, 1.165) is 37.3 Å². The van der Waals surface area contributed by atoms with Crippen LogP contribution in [0.5, 0.6) is 0 Å². The third kappa shape index (κ3) is 7.70. The Balaban J connectivity index is 1.29. The Hall–Kier alpha value is -3.70. The van der Waals surface area contributed by atoms with E-state index in [1.807, 2.05) is 42.2 Å². The second-order valence-corrected chi connectivity index (χ2v) is 10.5. The number of nitrogens with two attached hydrogens (primary N) is 2. The molecule has 0 spiro atoms. The molecule has 2 atom stereocenters. The van der Waals surface area contributed by atoms with E-state index >= 15 is 0 Å². The summed E-state index contributed by atoms with van der Waals surface area (Å²) in [5.74, 6) is 2.41. The normalized spacial score (nSPS) is 22.6. The van der Waals surface area contributed by atoms with Gasteiger partial charge in [0.05, 0.1) is 6.54 Å². The number of carbonyl (C=O) groups is 3. The molecule has 1 aromatic rings. The van der Waals surface area contributed by atoms with Gasteiger partial charge in [0.15, 0.2) is 0 Å². The zero-order chi connectivity index (χ0) is 28.5. The van der Waals surface area contributed by atoms with Crippen molar-refractivity contribution >= 4 is 29.7 Å². The Kier molecular flexibility index (Phi) is 10.3. The average Bonchev–Trinajstić information content (AvgIpc) is 3.45. The molecule has 3 aliphatic rings. The van der Waals surface area contributed by atoms with Gasteiger partial charge in [0.25, 0.3) is 0 Å². The number of amides is 4. The van der Waals surface area contributed by atoms with Crippen molar-refractivity contribution in [2.45, 2.75) is 26.2 Å². The van der Waals surface area contributed by atoms with Gasteiger partial charge >= 0.3 is 6.03 Å². The molecule has 1 aromatic carbocycles. The van der Waals surface area contributed by atoms with Gasteiger partial charge in [-0.15, -0.1) is 0 Å². The highest BCUT2D eigenvalue weighted by atomic mass is 16.2. The fourth-order valence-electron chi connectivity index (χ4n) is 5.45. The number of allylic oxidation sites excluding steroid dienone is 2. The first-order chi connectivity index (χ1) is 19.4. The number of hydrogen-bond acceptors (Lipinski definition) is 7. The summed E-state index contributed by atoms with van der Waals surface area (Å²) in [4.78, 5) is 47.0. The highest BCUT2D eigenvalue weighted by Crippen LogP contribution is 2.51. The molecular formula is C29H42N8O3. The molecule has 2 unspecified atom stereocenters. The lowest BCUT2D eigenvalue weighted by Gasteiger charge is -2.34. The smallest absolute Gasteiger partial charge is 0.323 e. The highest BCUT2D eigenvalue weighted by Gasteiger charge is 2.55. The lowest BCUT2D eigenvalue weighted by atomic mass is 10.1. The first-order valence-corrected chi connectivity index (χ1v) is 14.2. The summed E-state index contributed by atoms with van der Waals surface area (Å²) in [6, 6.07) is 7.59. The van der Waals surface area contributed by atoms with Gasteiger partial charge in [0.2, 0.25) is 11.8 Å². The Bertz CT molecular complexity index is 1110. The molecule has 2 heterocycles. The predicted molar refractivity (Wildman–Crippen MR) is 156 cm³/mol. The van der Waals surface area contributed by atoms with Crippen LogP contribution in [0.2, 0.25) is 0 Å². The molecule has 216 valence electrons. The number of anilines is 1. The van der Waals surface area contributed by atoms with E-state index < -0.39 is 0 Å². The van der Waals surface area contributed by atoms with Gasteiger partial charge in [-0.3, -0.25) is 19.9 Å². The molecule has 1 saturated carbocycles. The number of nitrogens with one attached hydrogen (secondary N) is 2. The maximum atomic E-state index is 13.0. The van der Waals surface area contributed by atoms with Crippen LogP contribution in [0.25, 0.3) is 0 Å². The number of aryl methyl sites for hydroxylation is 1. The molecule has 2 aliphatic heterocycles. The van der Waals surface area contributed by atoms with Crippen LogP contribution in [0, 0.1) is 17.8 Å². The van der Waals surface area contributed by atoms with Crippen molar-refractivity contribution in [1.29, 1.82) is 0 Å². The second-order valence-electron chi connectivity index (χ2n) is 10.5. The topological polar surface area (TPSA) is 149 Å². The summed E-state index contributed by atoms with van der Waals surface area (Å²) < 4.78 is 0. The molecule has 11 nitrogen and oxygen atoms in total. The zero-order valence-corrected chi connectivity index (χ0v) is 23.3. The van der Waals surface area contributed by atoms with Crippen molar-refractivity contribution in [3.63, 3.8) is 0 Å². The Morgan fingerprint density at radius 2 is 1.65 bits per heavy atom. The van der Waals surface area contributed by atoms with Crippen LogP contribution in [0.4, 0.5) is 10.5 Å². The SMILES string of the molecule is CC/C=C/N=C/C=C(/NC(=O)N1CCN(C(=O)CN)CC1)Nc1ccc(CCC(=O)N2CC3C(CN)C3C2)cc1. The number of fused-ring (bicyclic) bond motifs is 1. The third-order valence-electron chi connectivity index (χ3n) is 7.95. The first-order valence-electron chi connectivity index (χ1n) is 14.2. The number of hydrogen-bond donors (Lipinski definition) is 4. The molecule has 2 saturated heterocycles. The van der Waals surface area contributed by atoms with Gasteiger partial charge in [-0.05, 0) is 60.9 Å². The number of carbonyl (C=O) groups excluding carboxylic acids is 3. The van der Waals surface area contributed by atoms with Crippen LogP contribution in [0.3, 0.4) is 0 Å². The van der Waals surface area contributed by atoms with Gasteiger partial charge in [0.1, 0.15) is 5.82 Å². The second kappa shape index (κ2) is 14.1. The summed E-state index contributed by atoms with van der Waals surface area (Å²) in [6.07, 6.45) is 9.02. The number of aliphatic imine (C=N–C) groups is 1. The quantitative estimate of drug-likeness (QED) is 0.306. The average molecular weight is 551 g/mol. The van der Waals surface area contributed by atoms with Crippen molar-refractivity contribution in [2.24, 2.45) is 34.2 Å². The minimum absolute atomic E-state index is 0.0290. The van der Waals surface area contributed by atoms with Crippen LogP contribution < -0.4 is 22.1 Å². The number of rotatable bonds is 11. The molecule has 3 fully saturated rings. The number of benzene rings is 1. The number of urea groups is 1.